The number of aryl methyl sites for hydroxylation is 4. The summed E-state index contributed by atoms with van der Waals surface area (Å²) in [5.74, 6) is 0. The van der Waals surface area contributed by atoms with Crippen LogP contribution in [0, 0.1) is 0 Å². The van der Waals surface area contributed by atoms with E-state index in [-0.39, 0.29) is 0 Å². The molecule has 21 heavy (non-hydrogen) atoms. The fraction of sp³-hybridized carbons (Fsp3) is 0.500. The zero-order valence-corrected chi connectivity index (χ0v) is 13.0. The quantitative estimate of drug-likeness (QED) is 0.915. The summed E-state index contributed by atoms with van der Waals surface area (Å²) in [7, 11) is 0. The summed E-state index contributed by atoms with van der Waals surface area (Å²) < 4.78 is 1.93. The van der Waals surface area contributed by atoms with Crippen LogP contribution < -0.4 is 0 Å². The highest BCUT2D eigenvalue weighted by Crippen LogP contribution is 2.26. The highest BCUT2D eigenvalue weighted by atomic mass is 16.3. The molecule has 1 atom stereocenters. The molecule has 1 aliphatic rings. The second-order valence-corrected chi connectivity index (χ2v) is 5.91. The van der Waals surface area contributed by atoms with Gasteiger partial charge in [-0.05, 0) is 55.4 Å². The van der Waals surface area contributed by atoms with Crippen LogP contribution in [0.1, 0.15) is 54.5 Å². The van der Waals surface area contributed by atoms with Crippen LogP contribution >= 0.6 is 0 Å². The molecule has 1 unspecified atom stereocenters. The molecule has 3 heteroatoms. The van der Waals surface area contributed by atoms with Gasteiger partial charge in [0, 0.05) is 13.0 Å². The number of benzene rings is 1. The van der Waals surface area contributed by atoms with Crippen molar-refractivity contribution in [3.8, 4) is 0 Å². The maximum atomic E-state index is 10.6. The van der Waals surface area contributed by atoms with Gasteiger partial charge in [-0.3, -0.25) is 4.68 Å². The van der Waals surface area contributed by atoms with Crippen molar-refractivity contribution in [2.45, 2.75) is 58.6 Å². The van der Waals surface area contributed by atoms with Crippen LogP contribution in [0.5, 0.6) is 0 Å². The third-order valence-corrected chi connectivity index (χ3v) is 4.46. The Labute approximate surface area is 126 Å². The van der Waals surface area contributed by atoms with Crippen molar-refractivity contribution in [3.63, 3.8) is 0 Å². The Morgan fingerprint density at radius 3 is 2.76 bits per heavy atom. The lowest BCUT2D eigenvalue weighted by atomic mass is 10.0. The minimum Gasteiger partial charge on any atom is -0.386 e. The van der Waals surface area contributed by atoms with Crippen LogP contribution in [0.25, 0.3) is 0 Å². The Kier molecular flexibility index (Phi) is 4.11. The van der Waals surface area contributed by atoms with Crippen molar-refractivity contribution >= 4 is 0 Å². The minimum absolute atomic E-state index is 0.475. The molecule has 0 radical (unpaired) electrons. The normalized spacial score (nSPS) is 15.2. The molecule has 3 rings (SSSR count). The van der Waals surface area contributed by atoms with Crippen LogP contribution in [0.3, 0.4) is 0 Å². The maximum Gasteiger partial charge on any atom is 0.0996 e. The predicted molar refractivity (Wildman–Crippen MR) is 84.4 cm³/mol. The first kappa shape index (κ1) is 14.3. The van der Waals surface area contributed by atoms with Gasteiger partial charge in [0.1, 0.15) is 0 Å². The smallest absolute Gasteiger partial charge is 0.0996 e. The zero-order chi connectivity index (χ0) is 14.8. The van der Waals surface area contributed by atoms with Gasteiger partial charge < -0.3 is 5.11 Å². The van der Waals surface area contributed by atoms with E-state index in [9.17, 15) is 5.11 Å². The maximum absolute atomic E-state index is 10.6. The Morgan fingerprint density at radius 1 is 1.19 bits per heavy atom. The number of rotatable bonds is 5. The molecular weight excluding hydrogens is 260 g/mol. The monoisotopic (exact) mass is 284 g/mol. The number of aliphatic hydroxyl groups is 1. The zero-order valence-electron chi connectivity index (χ0n) is 13.0. The fourth-order valence-corrected chi connectivity index (χ4v) is 3.26. The Hall–Kier alpha value is -1.61. The lowest BCUT2D eigenvalue weighted by molar-refractivity contribution is 0.167. The highest BCUT2D eigenvalue weighted by molar-refractivity contribution is 5.35. The largest absolute Gasteiger partial charge is 0.386 e. The van der Waals surface area contributed by atoms with Gasteiger partial charge in [-0.25, -0.2) is 0 Å². The molecule has 1 N–H and O–H groups in total. The first-order valence-electron chi connectivity index (χ1n) is 8.06. The minimum atomic E-state index is -0.475. The van der Waals surface area contributed by atoms with Gasteiger partial charge in [0.25, 0.3) is 0 Å². The molecule has 3 nitrogen and oxygen atoms in total. The molecule has 0 bridgehead atoms. The Balaban J connectivity index is 1.79. The van der Waals surface area contributed by atoms with Gasteiger partial charge >= 0.3 is 0 Å². The first-order chi connectivity index (χ1) is 10.2. The van der Waals surface area contributed by atoms with Crippen molar-refractivity contribution in [3.05, 3.63) is 52.3 Å². The second-order valence-electron chi connectivity index (χ2n) is 5.91. The van der Waals surface area contributed by atoms with E-state index in [2.05, 4.69) is 37.1 Å². The van der Waals surface area contributed by atoms with Gasteiger partial charge in [0.15, 0.2) is 0 Å². The van der Waals surface area contributed by atoms with Crippen LogP contribution in [-0.2, 0) is 32.2 Å². The van der Waals surface area contributed by atoms with Crippen molar-refractivity contribution in [2.24, 2.45) is 0 Å². The molecule has 112 valence electrons. The molecule has 0 saturated heterocycles. The Bertz CT molecular complexity index is 630. The molecule has 0 saturated carbocycles. The van der Waals surface area contributed by atoms with E-state index in [1.54, 1.807) is 0 Å². The SMILES string of the molecule is CCc1cc(C(O)Cc2ccc3c(c2)CCC3)n(CC)n1. The van der Waals surface area contributed by atoms with Crippen LogP contribution in [0.2, 0.25) is 0 Å². The first-order valence-corrected chi connectivity index (χ1v) is 8.06. The fourth-order valence-electron chi connectivity index (χ4n) is 3.26. The molecule has 0 amide bonds. The van der Waals surface area contributed by atoms with E-state index in [4.69, 9.17) is 0 Å². The number of aliphatic hydroxyl groups excluding tert-OH is 1. The molecule has 0 aliphatic heterocycles. The summed E-state index contributed by atoms with van der Waals surface area (Å²) >= 11 is 0. The van der Waals surface area contributed by atoms with E-state index in [1.807, 2.05) is 10.7 Å². The summed E-state index contributed by atoms with van der Waals surface area (Å²) in [6.45, 7) is 4.97. The van der Waals surface area contributed by atoms with Crippen molar-refractivity contribution in [1.82, 2.24) is 9.78 Å². The van der Waals surface area contributed by atoms with Crippen molar-refractivity contribution in [2.75, 3.05) is 0 Å². The van der Waals surface area contributed by atoms with Gasteiger partial charge in [-0.2, -0.15) is 5.10 Å². The highest BCUT2D eigenvalue weighted by Gasteiger charge is 2.17. The lowest BCUT2D eigenvalue weighted by Gasteiger charge is -2.13. The molecule has 1 aromatic carbocycles. The van der Waals surface area contributed by atoms with Crippen LogP contribution in [-0.4, -0.2) is 14.9 Å². The van der Waals surface area contributed by atoms with E-state index in [0.29, 0.717) is 6.42 Å². The molecule has 0 spiro atoms. The molecule has 1 aromatic heterocycles. The molecular formula is C18H24N2O. The van der Waals surface area contributed by atoms with Crippen LogP contribution in [0.4, 0.5) is 0 Å². The number of aromatic nitrogens is 2. The Morgan fingerprint density at radius 2 is 2.00 bits per heavy atom. The van der Waals surface area contributed by atoms with Crippen LogP contribution in [0.15, 0.2) is 24.3 Å². The van der Waals surface area contributed by atoms with Gasteiger partial charge in [-0.1, -0.05) is 25.1 Å². The lowest BCUT2D eigenvalue weighted by Crippen LogP contribution is -2.10. The van der Waals surface area contributed by atoms with E-state index in [1.165, 1.54) is 36.0 Å². The molecule has 2 aromatic rings. The molecule has 1 heterocycles. The number of nitrogens with zero attached hydrogens (tertiary/aromatic N) is 2. The van der Waals surface area contributed by atoms with E-state index >= 15 is 0 Å². The number of hydrogen-bond donors (Lipinski definition) is 1. The van der Waals surface area contributed by atoms with Crippen molar-refractivity contribution in [1.29, 1.82) is 0 Å². The van der Waals surface area contributed by atoms with Gasteiger partial charge in [0.05, 0.1) is 17.5 Å². The standard InChI is InChI=1S/C18H24N2O/c1-3-16-12-17(20(4-2)19-16)18(21)11-13-8-9-14-6-5-7-15(14)10-13/h8-10,12,18,21H,3-7,11H2,1-2H3. The van der Waals surface area contributed by atoms with Gasteiger partial charge in [-0.15, -0.1) is 0 Å². The summed E-state index contributed by atoms with van der Waals surface area (Å²) in [6, 6.07) is 8.72. The second kappa shape index (κ2) is 6.02. The van der Waals surface area contributed by atoms with E-state index < -0.39 is 6.10 Å². The number of fused-ring (bicyclic) bond motifs is 1. The van der Waals surface area contributed by atoms with E-state index in [0.717, 1.165) is 24.4 Å². The summed E-state index contributed by atoms with van der Waals surface area (Å²) in [4.78, 5) is 0. The molecule has 0 fully saturated rings. The summed E-state index contributed by atoms with van der Waals surface area (Å²) in [6.07, 6.45) is 4.77. The summed E-state index contributed by atoms with van der Waals surface area (Å²) in [5.41, 5.74) is 6.18. The summed E-state index contributed by atoms with van der Waals surface area (Å²) in [5, 5.41) is 15.1. The average Bonchev–Trinajstić information content (AvgIpc) is 3.12. The van der Waals surface area contributed by atoms with Gasteiger partial charge in [0.2, 0.25) is 0 Å². The predicted octanol–water partition coefficient (Wildman–Crippen LogP) is 3.23. The average molecular weight is 284 g/mol. The number of hydrogen-bond acceptors (Lipinski definition) is 2. The topological polar surface area (TPSA) is 38.0 Å². The molecule has 1 aliphatic carbocycles. The third-order valence-electron chi connectivity index (χ3n) is 4.46. The van der Waals surface area contributed by atoms with Crippen molar-refractivity contribution < 1.29 is 5.11 Å². The third kappa shape index (κ3) is 2.88.